The van der Waals surface area contributed by atoms with Crippen molar-refractivity contribution in [3.63, 3.8) is 0 Å². The lowest BCUT2D eigenvalue weighted by Gasteiger charge is -2.13. The maximum absolute atomic E-state index is 11.6. The van der Waals surface area contributed by atoms with Crippen LogP contribution in [0.15, 0.2) is 22.7 Å². The molecule has 0 spiro atoms. The lowest BCUT2D eigenvalue weighted by molar-refractivity contribution is -0.146. The number of halogens is 1. The number of benzene rings is 1. The smallest absolute Gasteiger partial charge is 0.332 e. The summed E-state index contributed by atoms with van der Waals surface area (Å²) >= 11 is 3.17. The normalized spacial score (nSPS) is 14.0. The Morgan fingerprint density at radius 2 is 2.06 bits per heavy atom. The summed E-state index contributed by atoms with van der Waals surface area (Å²) in [4.78, 5) is 38.6. The molecule has 0 saturated carbocycles. The Hall–Kier alpha value is -1.69. The van der Waals surface area contributed by atoms with Crippen LogP contribution in [-0.4, -0.2) is 17.7 Å². The molecule has 2 rings (SSSR count). The summed E-state index contributed by atoms with van der Waals surface area (Å²) in [5.41, 5.74) is 0.494. The van der Waals surface area contributed by atoms with Gasteiger partial charge >= 0.3 is 11.9 Å². The molecule has 0 N–H and O–H groups in total. The molecule has 0 fully saturated rings. The van der Waals surface area contributed by atoms with Gasteiger partial charge < -0.3 is 4.84 Å². The summed E-state index contributed by atoms with van der Waals surface area (Å²) in [6.07, 6.45) is 0. The van der Waals surface area contributed by atoms with E-state index in [4.69, 9.17) is 0 Å². The van der Waals surface area contributed by atoms with Crippen molar-refractivity contribution >= 4 is 39.3 Å². The standard InChI is InChI=1S/C10H6BrNO4/c1-5(13)16-12-7-4-2-3-6(11)8(7)9(14)10(12)15/h2-4H,1H3. The largest absolute Gasteiger partial charge is 0.333 e. The molecule has 0 saturated heterocycles. The first-order valence-electron chi connectivity index (χ1n) is 4.38. The summed E-state index contributed by atoms with van der Waals surface area (Å²) in [5.74, 6) is -2.21. The number of amides is 1. The zero-order valence-electron chi connectivity index (χ0n) is 8.19. The van der Waals surface area contributed by atoms with Gasteiger partial charge in [0, 0.05) is 11.4 Å². The van der Waals surface area contributed by atoms with Crippen LogP contribution < -0.4 is 5.06 Å². The van der Waals surface area contributed by atoms with Gasteiger partial charge in [0.15, 0.2) is 0 Å². The molecular weight excluding hydrogens is 278 g/mol. The van der Waals surface area contributed by atoms with Gasteiger partial charge in [-0.25, -0.2) is 4.79 Å². The highest BCUT2D eigenvalue weighted by atomic mass is 79.9. The first kappa shape index (κ1) is 10.8. The fraction of sp³-hybridized carbons (Fsp3) is 0.100. The molecule has 0 radical (unpaired) electrons. The van der Waals surface area contributed by atoms with Crippen molar-refractivity contribution in [3.05, 3.63) is 28.2 Å². The molecule has 5 nitrogen and oxygen atoms in total. The molecule has 0 atom stereocenters. The SMILES string of the molecule is CC(=O)ON1C(=O)C(=O)c2c(Br)cccc21. The molecule has 0 aromatic heterocycles. The van der Waals surface area contributed by atoms with Crippen LogP contribution in [0.2, 0.25) is 0 Å². The van der Waals surface area contributed by atoms with Crippen LogP contribution in [0.25, 0.3) is 0 Å². The quantitative estimate of drug-likeness (QED) is 0.732. The van der Waals surface area contributed by atoms with Gasteiger partial charge in [-0.15, -0.1) is 5.06 Å². The van der Waals surface area contributed by atoms with E-state index in [9.17, 15) is 14.4 Å². The van der Waals surface area contributed by atoms with Crippen molar-refractivity contribution in [2.24, 2.45) is 0 Å². The van der Waals surface area contributed by atoms with Crippen LogP contribution in [0.1, 0.15) is 17.3 Å². The molecule has 1 aromatic carbocycles. The minimum atomic E-state index is -0.864. The summed E-state index contributed by atoms with van der Waals surface area (Å²) in [5, 5.41) is 0.713. The Balaban J connectivity index is 2.54. The van der Waals surface area contributed by atoms with Gasteiger partial charge in [0.1, 0.15) is 0 Å². The summed E-state index contributed by atoms with van der Waals surface area (Å²) in [6, 6.07) is 4.82. The average Bonchev–Trinajstić information content (AvgIpc) is 2.44. The second-order valence-electron chi connectivity index (χ2n) is 3.15. The van der Waals surface area contributed by atoms with Crippen LogP contribution >= 0.6 is 15.9 Å². The fourth-order valence-corrected chi connectivity index (χ4v) is 1.97. The molecule has 82 valence electrons. The Labute approximate surface area is 99.1 Å². The number of carbonyl (C=O) groups excluding carboxylic acids is 3. The van der Waals surface area contributed by atoms with E-state index < -0.39 is 17.7 Å². The van der Waals surface area contributed by atoms with E-state index in [0.717, 1.165) is 6.92 Å². The number of anilines is 1. The van der Waals surface area contributed by atoms with Gasteiger partial charge in [0.05, 0.1) is 11.3 Å². The van der Waals surface area contributed by atoms with E-state index in [-0.39, 0.29) is 11.3 Å². The predicted molar refractivity (Wildman–Crippen MR) is 57.7 cm³/mol. The minimum Gasteiger partial charge on any atom is -0.333 e. The monoisotopic (exact) mass is 283 g/mol. The highest BCUT2D eigenvalue weighted by Crippen LogP contribution is 2.34. The van der Waals surface area contributed by atoms with E-state index in [0.29, 0.717) is 9.54 Å². The highest BCUT2D eigenvalue weighted by molar-refractivity contribution is 9.10. The van der Waals surface area contributed by atoms with Crippen LogP contribution in [-0.2, 0) is 14.4 Å². The van der Waals surface area contributed by atoms with Crippen molar-refractivity contribution in [1.82, 2.24) is 0 Å². The third kappa shape index (κ3) is 1.51. The van der Waals surface area contributed by atoms with Gasteiger partial charge in [-0.3, -0.25) is 9.59 Å². The Morgan fingerprint density at radius 1 is 1.38 bits per heavy atom. The van der Waals surface area contributed by atoms with Crippen molar-refractivity contribution < 1.29 is 19.2 Å². The molecule has 1 amide bonds. The third-order valence-electron chi connectivity index (χ3n) is 2.04. The molecule has 6 heteroatoms. The number of rotatable bonds is 1. The van der Waals surface area contributed by atoms with Gasteiger partial charge in [-0.05, 0) is 28.1 Å². The number of nitrogens with zero attached hydrogens (tertiary/aromatic N) is 1. The molecule has 16 heavy (non-hydrogen) atoms. The number of hydrogen-bond donors (Lipinski definition) is 0. The van der Waals surface area contributed by atoms with E-state index in [1.807, 2.05) is 0 Å². The number of hydrogen-bond acceptors (Lipinski definition) is 4. The maximum atomic E-state index is 11.6. The van der Waals surface area contributed by atoms with Gasteiger partial charge in [0.2, 0.25) is 0 Å². The Bertz CT molecular complexity index is 512. The lowest BCUT2D eigenvalue weighted by Crippen LogP contribution is -2.31. The second kappa shape index (κ2) is 3.71. The molecule has 1 heterocycles. The number of Topliss-reactive ketones (excluding diaryl/α,β-unsaturated/α-hetero) is 1. The first-order valence-corrected chi connectivity index (χ1v) is 5.17. The zero-order chi connectivity index (χ0) is 11.9. The average molecular weight is 284 g/mol. The second-order valence-corrected chi connectivity index (χ2v) is 4.00. The minimum absolute atomic E-state index is 0.216. The Kier molecular flexibility index (Phi) is 2.51. The third-order valence-corrected chi connectivity index (χ3v) is 2.70. The number of ketones is 1. The van der Waals surface area contributed by atoms with Crippen molar-refractivity contribution in [2.45, 2.75) is 6.92 Å². The van der Waals surface area contributed by atoms with Crippen molar-refractivity contribution in [3.8, 4) is 0 Å². The lowest BCUT2D eigenvalue weighted by atomic mass is 10.1. The Morgan fingerprint density at radius 3 is 2.69 bits per heavy atom. The molecule has 0 aliphatic carbocycles. The number of hydroxylamine groups is 1. The number of carbonyl (C=O) groups is 3. The van der Waals surface area contributed by atoms with E-state index in [2.05, 4.69) is 20.8 Å². The fourth-order valence-electron chi connectivity index (χ4n) is 1.43. The molecule has 1 aliphatic rings. The van der Waals surface area contributed by atoms with Crippen LogP contribution in [0.4, 0.5) is 5.69 Å². The molecule has 1 aromatic rings. The van der Waals surface area contributed by atoms with Gasteiger partial charge in [-0.2, -0.15) is 0 Å². The topological polar surface area (TPSA) is 63.7 Å². The van der Waals surface area contributed by atoms with Gasteiger partial charge in [-0.1, -0.05) is 6.07 Å². The molecular formula is C10H6BrNO4. The van der Waals surface area contributed by atoms with Crippen LogP contribution in [0.5, 0.6) is 0 Å². The molecule has 0 bridgehead atoms. The molecule has 1 aliphatic heterocycles. The number of fused-ring (bicyclic) bond motifs is 1. The van der Waals surface area contributed by atoms with Crippen LogP contribution in [0, 0.1) is 0 Å². The van der Waals surface area contributed by atoms with Crippen LogP contribution in [0.3, 0.4) is 0 Å². The summed E-state index contributed by atoms with van der Waals surface area (Å²) in [6.45, 7) is 1.16. The van der Waals surface area contributed by atoms with Crippen molar-refractivity contribution in [1.29, 1.82) is 0 Å². The summed E-state index contributed by atoms with van der Waals surface area (Å²) < 4.78 is 0.498. The van der Waals surface area contributed by atoms with E-state index in [1.165, 1.54) is 6.07 Å². The zero-order valence-corrected chi connectivity index (χ0v) is 9.78. The first-order chi connectivity index (χ1) is 7.52. The predicted octanol–water partition coefficient (Wildman–Crippen LogP) is 1.46. The summed E-state index contributed by atoms with van der Waals surface area (Å²) in [7, 11) is 0. The van der Waals surface area contributed by atoms with E-state index in [1.54, 1.807) is 12.1 Å². The molecule has 0 unspecified atom stereocenters. The highest BCUT2D eigenvalue weighted by Gasteiger charge is 2.39. The van der Waals surface area contributed by atoms with Crippen molar-refractivity contribution in [2.75, 3.05) is 5.06 Å². The van der Waals surface area contributed by atoms with Gasteiger partial charge in [0.25, 0.3) is 5.78 Å². The van der Waals surface area contributed by atoms with E-state index >= 15 is 0 Å². The maximum Gasteiger partial charge on any atom is 0.332 e.